The number of carbonyl (C=O) groups is 1. The largest absolute Gasteiger partial charge is 0.459 e. The zero-order valence-electron chi connectivity index (χ0n) is 15.3. The fourth-order valence-electron chi connectivity index (χ4n) is 2.61. The van der Waals surface area contributed by atoms with Crippen LogP contribution in [-0.2, 0) is 19.0 Å². The van der Waals surface area contributed by atoms with Crippen LogP contribution in [0.15, 0.2) is 36.1 Å². The highest BCUT2D eigenvalue weighted by Gasteiger charge is 2.29. The summed E-state index contributed by atoms with van der Waals surface area (Å²) in [5, 5.41) is 11.5. The topological polar surface area (TPSA) is 103 Å². The summed E-state index contributed by atoms with van der Waals surface area (Å²) in [5.41, 5.74) is 6.91. The van der Waals surface area contributed by atoms with Gasteiger partial charge in [-0.1, -0.05) is 26.0 Å². The Morgan fingerprint density at radius 2 is 2.12 bits per heavy atom. The monoisotopic (exact) mass is 364 g/mol. The number of aliphatic hydroxyl groups is 1. The first-order valence-electron chi connectivity index (χ1n) is 8.85. The van der Waals surface area contributed by atoms with E-state index in [1.165, 1.54) is 0 Å². The van der Waals surface area contributed by atoms with Crippen LogP contribution in [0.1, 0.15) is 20.3 Å². The number of anilines is 2. The lowest BCUT2D eigenvalue weighted by atomic mass is 9.90. The zero-order valence-corrected chi connectivity index (χ0v) is 15.3. The molecule has 0 saturated carbocycles. The Morgan fingerprint density at radius 3 is 2.81 bits per heavy atom. The fraction of sp³-hybridized carbons (Fsp3) is 0.526. The maximum Gasteiger partial charge on any atom is 0.290 e. The zero-order chi connectivity index (χ0) is 18.9. The normalized spacial score (nSPS) is 19.8. The Bertz CT molecular complexity index is 618. The molecule has 26 heavy (non-hydrogen) atoms. The average Bonchev–Trinajstić information content (AvgIpc) is 2.63. The van der Waals surface area contributed by atoms with Crippen LogP contribution < -0.4 is 11.1 Å². The lowest BCUT2D eigenvalue weighted by Crippen LogP contribution is -2.32. The van der Waals surface area contributed by atoms with Crippen molar-refractivity contribution in [2.75, 3.05) is 37.5 Å². The van der Waals surface area contributed by atoms with E-state index in [-0.39, 0.29) is 30.8 Å². The molecule has 7 heteroatoms. The summed E-state index contributed by atoms with van der Waals surface area (Å²) >= 11 is 0. The van der Waals surface area contributed by atoms with Gasteiger partial charge in [0.2, 0.25) is 6.29 Å². The highest BCUT2D eigenvalue weighted by molar-refractivity contribution is 6.04. The minimum Gasteiger partial charge on any atom is -0.459 e. The number of allylic oxidation sites excluding steroid dienone is 1. The van der Waals surface area contributed by atoms with Crippen LogP contribution in [0.5, 0.6) is 0 Å². The minimum absolute atomic E-state index is 0.0228. The molecule has 0 aliphatic carbocycles. The van der Waals surface area contributed by atoms with Crippen molar-refractivity contribution in [1.29, 1.82) is 0 Å². The standard InChI is InChI=1S/C19H28N2O5/c1-13(2)14-11-17(19(23)21-16-6-4-3-5-15(16)20)26-18(12-14)25-10-9-24-8-7-22/h3-6,11,13-14,18,22H,7-10,12,20H2,1-2H3,(H,21,23)/t14-,18+/m0/s1. The van der Waals surface area contributed by atoms with Crippen molar-refractivity contribution >= 4 is 17.3 Å². The molecule has 0 unspecified atom stereocenters. The Morgan fingerprint density at radius 1 is 1.35 bits per heavy atom. The van der Waals surface area contributed by atoms with E-state index in [2.05, 4.69) is 19.2 Å². The number of hydrogen-bond donors (Lipinski definition) is 3. The molecule has 2 atom stereocenters. The van der Waals surface area contributed by atoms with Crippen LogP contribution in [0.3, 0.4) is 0 Å². The summed E-state index contributed by atoms with van der Waals surface area (Å²) in [7, 11) is 0. The smallest absolute Gasteiger partial charge is 0.290 e. The Labute approximate surface area is 154 Å². The number of aliphatic hydroxyl groups excluding tert-OH is 1. The molecule has 4 N–H and O–H groups in total. The number of carbonyl (C=O) groups excluding carboxylic acids is 1. The highest BCUT2D eigenvalue weighted by Crippen LogP contribution is 2.29. The van der Waals surface area contributed by atoms with Gasteiger partial charge in [0, 0.05) is 6.42 Å². The van der Waals surface area contributed by atoms with Gasteiger partial charge in [0.05, 0.1) is 37.8 Å². The van der Waals surface area contributed by atoms with E-state index < -0.39 is 6.29 Å². The van der Waals surface area contributed by atoms with E-state index in [9.17, 15) is 4.79 Å². The van der Waals surface area contributed by atoms with Gasteiger partial charge in [0.15, 0.2) is 5.76 Å². The van der Waals surface area contributed by atoms with Gasteiger partial charge in [-0.25, -0.2) is 0 Å². The molecule has 2 rings (SSSR count). The number of para-hydroxylation sites is 2. The van der Waals surface area contributed by atoms with Crippen molar-refractivity contribution in [1.82, 2.24) is 0 Å². The van der Waals surface area contributed by atoms with Crippen LogP contribution in [0, 0.1) is 11.8 Å². The fourth-order valence-corrected chi connectivity index (χ4v) is 2.61. The van der Waals surface area contributed by atoms with Crippen LogP contribution in [0.4, 0.5) is 11.4 Å². The molecule has 0 spiro atoms. The summed E-state index contributed by atoms with van der Waals surface area (Å²) in [6.45, 7) is 5.13. The van der Waals surface area contributed by atoms with Gasteiger partial charge in [0.25, 0.3) is 5.91 Å². The summed E-state index contributed by atoms with van der Waals surface area (Å²) in [6.07, 6.45) is 2.00. The first kappa shape index (κ1) is 20.2. The quantitative estimate of drug-likeness (QED) is 0.458. The van der Waals surface area contributed by atoms with E-state index in [0.717, 1.165) is 0 Å². The average molecular weight is 364 g/mol. The number of benzene rings is 1. The molecule has 1 aromatic carbocycles. The van der Waals surface area contributed by atoms with Gasteiger partial charge in [0.1, 0.15) is 0 Å². The van der Waals surface area contributed by atoms with Gasteiger partial charge in [-0.15, -0.1) is 0 Å². The second-order valence-electron chi connectivity index (χ2n) is 6.47. The Balaban J connectivity index is 1.98. The van der Waals surface area contributed by atoms with Crippen molar-refractivity contribution in [3.63, 3.8) is 0 Å². The second-order valence-corrected chi connectivity index (χ2v) is 6.47. The molecule has 1 heterocycles. The van der Waals surface area contributed by atoms with Gasteiger partial charge in [-0.05, 0) is 30.0 Å². The van der Waals surface area contributed by atoms with Crippen molar-refractivity contribution < 1.29 is 24.1 Å². The van der Waals surface area contributed by atoms with Crippen LogP contribution in [0.2, 0.25) is 0 Å². The summed E-state index contributed by atoms with van der Waals surface area (Å²) < 4.78 is 16.6. The van der Waals surface area contributed by atoms with Crippen molar-refractivity contribution in [3.8, 4) is 0 Å². The predicted molar refractivity (Wildman–Crippen MR) is 99.2 cm³/mol. The van der Waals surface area contributed by atoms with Crippen LogP contribution >= 0.6 is 0 Å². The van der Waals surface area contributed by atoms with E-state index >= 15 is 0 Å². The van der Waals surface area contributed by atoms with Crippen molar-refractivity contribution in [3.05, 3.63) is 36.1 Å². The third-order valence-corrected chi connectivity index (χ3v) is 4.14. The molecule has 0 fully saturated rings. The molecule has 1 aromatic rings. The van der Waals surface area contributed by atoms with E-state index in [1.807, 2.05) is 6.08 Å². The van der Waals surface area contributed by atoms with Gasteiger partial charge < -0.3 is 30.4 Å². The van der Waals surface area contributed by atoms with Crippen LogP contribution in [0.25, 0.3) is 0 Å². The number of ether oxygens (including phenoxy) is 3. The summed E-state index contributed by atoms with van der Waals surface area (Å²) in [4.78, 5) is 12.6. The lowest BCUT2D eigenvalue weighted by molar-refractivity contribution is -0.153. The van der Waals surface area contributed by atoms with Gasteiger partial charge >= 0.3 is 0 Å². The molecule has 0 aromatic heterocycles. The SMILES string of the molecule is CC(C)[C@H]1C=C(C(=O)Nc2ccccc2N)O[C@@H](OCCOCCO)C1. The maximum absolute atomic E-state index is 12.6. The Hall–Kier alpha value is -2.09. The third-order valence-electron chi connectivity index (χ3n) is 4.14. The molecule has 7 nitrogen and oxygen atoms in total. The molecule has 0 saturated heterocycles. The highest BCUT2D eigenvalue weighted by atomic mass is 16.7. The number of nitrogen functional groups attached to an aromatic ring is 1. The number of nitrogens with two attached hydrogens (primary N) is 1. The van der Waals surface area contributed by atoms with E-state index in [4.69, 9.17) is 25.1 Å². The first-order valence-corrected chi connectivity index (χ1v) is 8.85. The van der Waals surface area contributed by atoms with Gasteiger partial charge in [-0.2, -0.15) is 0 Å². The number of amides is 1. The molecular weight excluding hydrogens is 336 g/mol. The first-order chi connectivity index (χ1) is 12.5. The van der Waals surface area contributed by atoms with Crippen molar-refractivity contribution in [2.24, 2.45) is 11.8 Å². The second kappa shape index (κ2) is 10.2. The van der Waals surface area contributed by atoms with Gasteiger partial charge in [-0.3, -0.25) is 4.79 Å². The predicted octanol–water partition coefficient (Wildman–Crippen LogP) is 2.14. The molecule has 144 valence electrons. The third kappa shape index (κ3) is 6.01. The van der Waals surface area contributed by atoms with E-state index in [0.29, 0.717) is 36.9 Å². The molecule has 1 amide bonds. The Kier molecular flexibility index (Phi) is 7.90. The molecule has 0 radical (unpaired) electrons. The lowest BCUT2D eigenvalue weighted by Gasteiger charge is -2.30. The number of nitrogens with one attached hydrogen (secondary N) is 1. The summed E-state index contributed by atoms with van der Waals surface area (Å²) in [6, 6.07) is 7.07. The number of rotatable bonds is 9. The van der Waals surface area contributed by atoms with E-state index in [1.54, 1.807) is 24.3 Å². The number of hydrogen-bond acceptors (Lipinski definition) is 6. The molecule has 1 aliphatic rings. The summed E-state index contributed by atoms with van der Waals surface area (Å²) in [5.74, 6) is 0.402. The minimum atomic E-state index is -0.515. The van der Waals surface area contributed by atoms with Crippen molar-refractivity contribution in [2.45, 2.75) is 26.6 Å². The molecular formula is C19H28N2O5. The molecule has 0 bridgehead atoms. The molecule has 1 aliphatic heterocycles. The van der Waals surface area contributed by atoms with Crippen LogP contribution in [-0.4, -0.2) is 43.7 Å². The maximum atomic E-state index is 12.6.